The fourth-order valence-corrected chi connectivity index (χ4v) is 2.78. The molecule has 0 saturated carbocycles. The number of hydrogen-bond acceptors (Lipinski definition) is 4. The first-order valence-electron chi connectivity index (χ1n) is 8.30. The van der Waals surface area contributed by atoms with E-state index in [1.54, 1.807) is 0 Å². The molecule has 1 aromatic heterocycles. The Morgan fingerprint density at radius 2 is 1.82 bits per heavy atom. The van der Waals surface area contributed by atoms with Crippen LogP contribution in [-0.2, 0) is 0 Å². The summed E-state index contributed by atoms with van der Waals surface area (Å²) in [7, 11) is 0. The zero-order chi connectivity index (χ0) is 15.2. The Hall–Kier alpha value is -2.10. The van der Waals surface area contributed by atoms with E-state index in [1.165, 1.54) is 19.3 Å². The Morgan fingerprint density at radius 3 is 2.55 bits per heavy atom. The van der Waals surface area contributed by atoms with Gasteiger partial charge in [0, 0.05) is 31.3 Å². The number of piperidine rings is 1. The molecule has 0 amide bonds. The predicted molar refractivity (Wildman–Crippen MR) is 92.3 cm³/mol. The summed E-state index contributed by atoms with van der Waals surface area (Å²) in [5.74, 6) is 2.78. The third kappa shape index (κ3) is 3.56. The number of hydrogen-bond donors (Lipinski definition) is 1. The molecule has 116 valence electrons. The second-order valence-corrected chi connectivity index (χ2v) is 5.78. The zero-order valence-corrected chi connectivity index (χ0v) is 13.3. The molecular formula is C18H24N4. The maximum Gasteiger partial charge on any atom is 0.163 e. The third-order valence-corrected chi connectivity index (χ3v) is 3.98. The van der Waals surface area contributed by atoms with E-state index in [1.807, 2.05) is 18.2 Å². The fourth-order valence-electron chi connectivity index (χ4n) is 2.78. The van der Waals surface area contributed by atoms with Crippen LogP contribution in [0.25, 0.3) is 11.4 Å². The van der Waals surface area contributed by atoms with E-state index >= 15 is 0 Å². The van der Waals surface area contributed by atoms with Crippen LogP contribution >= 0.6 is 0 Å². The van der Waals surface area contributed by atoms with Gasteiger partial charge < -0.3 is 10.2 Å². The largest absolute Gasteiger partial charge is 0.370 e. The van der Waals surface area contributed by atoms with Gasteiger partial charge >= 0.3 is 0 Å². The van der Waals surface area contributed by atoms with Crippen molar-refractivity contribution >= 4 is 11.6 Å². The molecule has 0 unspecified atom stereocenters. The smallest absolute Gasteiger partial charge is 0.163 e. The maximum absolute atomic E-state index is 4.81. The minimum atomic E-state index is 0.808. The number of benzene rings is 1. The highest BCUT2D eigenvalue weighted by Crippen LogP contribution is 2.24. The van der Waals surface area contributed by atoms with E-state index in [0.717, 1.165) is 49.1 Å². The molecule has 22 heavy (non-hydrogen) atoms. The quantitative estimate of drug-likeness (QED) is 0.907. The van der Waals surface area contributed by atoms with Crippen molar-refractivity contribution in [2.45, 2.75) is 32.6 Å². The van der Waals surface area contributed by atoms with E-state index in [4.69, 9.17) is 4.98 Å². The van der Waals surface area contributed by atoms with Crippen LogP contribution in [0.2, 0.25) is 0 Å². The SMILES string of the molecule is CCCNc1cc(N2CCCCC2)nc(-c2ccccc2)n1. The van der Waals surface area contributed by atoms with Gasteiger partial charge in [-0.1, -0.05) is 37.3 Å². The second-order valence-electron chi connectivity index (χ2n) is 5.78. The summed E-state index contributed by atoms with van der Waals surface area (Å²) in [6.07, 6.45) is 4.92. The summed E-state index contributed by atoms with van der Waals surface area (Å²) in [4.78, 5) is 11.9. The van der Waals surface area contributed by atoms with Crippen LogP contribution in [0.1, 0.15) is 32.6 Å². The molecule has 1 aliphatic rings. The summed E-state index contributed by atoms with van der Waals surface area (Å²) in [6.45, 7) is 5.29. The number of nitrogens with one attached hydrogen (secondary N) is 1. The van der Waals surface area contributed by atoms with Gasteiger partial charge in [-0.3, -0.25) is 0 Å². The first-order valence-corrected chi connectivity index (χ1v) is 8.30. The Bertz CT molecular complexity index is 591. The first-order chi connectivity index (χ1) is 10.9. The van der Waals surface area contributed by atoms with Crippen LogP contribution in [0, 0.1) is 0 Å². The average molecular weight is 296 g/mol. The molecular weight excluding hydrogens is 272 g/mol. The van der Waals surface area contributed by atoms with Gasteiger partial charge in [0.25, 0.3) is 0 Å². The van der Waals surface area contributed by atoms with Crippen LogP contribution < -0.4 is 10.2 Å². The third-order valence-electron chi connectivity index (χ3n) is 3.98. The van der Waals surface area contributed by atoms with Gasteiger partial charge in [0.15, 0.2) is 5.82 Å². The molecule has 4 heteroatoms. The summed E-state index contributed by atoms with van der Waals surface area (Å²) in [5, 5.41) is 3.41. The highest BCUT2D eigenvalue weighted by Gasteiger charge is 2.15. The van der Waals surface area contributed by atoms with E-state index in [0.29, 0.717) is 0 Å². The molecule has 2 heterocycles. The van der Waals surface area contributed by atoms with E-state index in [9.17, 15) is 0 Å². The summed E-state index contributed by atoms with van der Waals surface area (Å²) in [6, 6.07) is 12.3. The molecule has 1 aliphatic heterocycles. The predicted octanol–water partition coefficient (Wildman–Crippen LogP) is 3.96. The molecule has 0 aliphatic carbocycles. The molecule has 3 rings (SSSR count). The van der Waals surface area contributed by atoms with Crippen molar-refractivity contribution < 1.29 is 0 Å². The molecule has 0 atom stereocenters. The van der Waals surface area contributed by atoms with Crippen LogP contribution in [-0.4, -0.2) is 29.6 Å². The molecule has 1 saturated heterocycles. The summed E-state index contributed by atoms with van der Waals surface area (Å²) >= 11 is 0. The van der Waals surface area contributed by atoms with Crippen molar-refractivity contribution in [1.82, 2.24) is 9.97 Å². The summed E-state index contributed by atoms with van der Waals surface area (Å²) in [5.41, 5.74) is 1.07. The van der Waals surface area contributed by atoms with Gasteiger partial charge in [-0.05, 0) is 25.7 Å². The lowest BCUT2D eigenvalue weighted by molar-refractivity contribution is 0.573. The lowest BCUT2D eigenvalue weighted by Gasteiger charge is -2.28. The molecule has 0 spiro atoms. The lowest BCUT2D eigenvalue weighted by atomic mass is 10.1. The number of anilines is 2. The normalized spacial score (nSPS) is 14.9. The second kappa shape index (κ2) is 7.25. The highest BCUT2D eigenvalue weighted by atomic mass is 15.2. The van der Waals surface area contributed by atoms with Crippen molar-refractivity contribution in [2.75, 3.05) is 29.9 Å². The van der Waals surface area contributed by atoms with Crippen LogP contribution in [0.5, 0.6) is 0 Å². The first kappa shape index (κ1) is 14.8. The standard InChI is InChI=1S/C18H24N4/c1-2-11-19-16-14-17(22-12-7-4-8-13-22)21-18(20-16)15-9-5-3-6-10-15/h3,5-6,9-10,14H,2,4,7-8,11-13H2,1H3,(H,19,20,21). The average Bonchev–Trinajstić information content (AvgIpc) is 2.61. The van der Waals surface area contributed by atoms with Crippen LogP contribution in [0.4, 0.5) is 11.6 Å². The Labute approximate surface area is 132 Å². The molecule has 1 fully saturated rings. The van der Waals surface area contributed by atoms with Crippen LogP contribution in [0.3, 0.4) is 0 Å². The monoisotopic (exact) mass is 296 g/mol. The lowest BCUT2D eigenvalue weighted by Crippen LogP contribution is -2.30. The molecule has 2 aromatic rings. The molecule has 0 radical (unpaired) electrons. The minimum absolute atomic E-state index is 0.808. The highest BCUT2D eigenvalue weighted by molar-refractivity contribution is 5.61. The van der Waals surface area contributed by atoms with Gasteiger partial charge in [0.05, 0.1) is 0 Å². The topological polar surface area (TPSA) is 41.0 Å². The van der Waals surface area contributed by atoms with E-state index in [-0.39, 0.29) is 0 Å². The Balaban J connectivity index is 1.94. The van der Waals surface area contributed by atoms with Crippen molar-refractivity contribution in [2.24, 2.45) is 0 Å². The van der Waals surface area contributed by atoms with Gasteiger partial charge in [0.2, 0.25) is 0 Å². The molecule has 1 aromatic carbocycles. The van der Waals surface area contributed by atoms with Gasteiger partial charge in [-0.2, -0.15) is 0 Å². The number of rotatable bonds is 5. The van der Waals surface area contributed by atoms with Crippen molar-refractivity contribution in [1.29, 1.82) is 0 Å². The molecule has 1 N–H and O–H groups in total. The summed E-state index contributed by atoms with van der Waals surface area (Å²) < 4.78 is 0. The van der Waals surface area contributed by atoms with Gasteiger partial charge in [-0.15, -0.1) is 0 Å². The zero-order valence-electron chi connectivity index (χ0n) is 13.3. The van der Waals surface area contributed by atoms with Crippen molar-refractivity contribution in [3.63, 3.8) is 0 Å². The number of aromatic nitrogens is 2. The Kier molecular flexibility index (Phi) is 4.88. The molecule has 0 bridgehead atoms. The minimum Gasteiger partial charge on any atom is -0.370 e. The molecule has 4 nitrogen and oxygen atoms in total. The van der Waals surface area contributed by atoms with E-state index in [2.05, 4.69) is 40.3 Å². The van der Waals surface area contributed by atoms with E-state index < -0.39 is 0 Å². The number of nitrogens with zero attached hydrogens (tertiary/aromatic N) is 3. The Morgan fingerprint density at radius 1 is 1.05 bits per heavy atom. The van der Waals surface area contributed by atoms with Gasteiger partial charge in [0.1, 0.15) is 11.6 Å². The fraction of sp³-hybridized carbons (Fsp3) is 0.444. The van der Waals surface area contributed by atoms with Gasteiger partial charge in [-0.25, -0.2) is 9.97 Å². The maximum atomic E-state index is 4.81. The van der Waals surface area contributed by atoms with Crippen LogP contribution in [0.15, 0.2) is 36.4 Å². The van der Waals surface area contributed by atoms with Crippen molar-refractivity contribution in [3.05, 3.63) is 36.4 Å². The van der Waals surface area contributed by atoms with Crippen molar-refractivity contribution in [3.8, 4) is 11.4 Å².